The minimum absolute atomic E-state index is 0.317. The summed E-state index contributed by atoms with van der Waals surface area (Å²) in [7, 11) is 0. The fourth-order valence-corrected chi connectivity index (χ4v) is 3.03. The van der Waals surface area contributed by atoms with Crippen molar-refractivity contribution < 1.29 is 4.39 Å². The molecule has 142 valence electrons. The zero-order valence-electron chi connectivity index (χ0n) is 15.8. The molecule has 0 saturated heterocycles. The molecular formula is C20H19FN6S. The van der Waals surface area contributed by atoms with Gasteiger partial charge in [-0.1, -0.05) is 18.9 Å². The van der Waals surface area contributed by atoms with Gasteiger partial charge in [-0.15, -0.1) is 0 Å². The van der Waals surface area contributed by atoms with Crippen LogP contribution in [0.3, 0.4) is 0 Å². The van der Waals surface area contributed by atoms with Gasteiger partial charge in [-0.3, -0.25) is 4.98 Å². The first-order chi connectivity index (χ1) is 13.7. The van der Waals surface area contributed by atoms with Crippen LogP contribution in [0.15, 0.2) is 48.0 Å². The van der Waals surface area contributed by atoms with E-state index < -0.39 is 0 Å². The average Bonchev–Trinajstić information content (AvgIpc) is 3.10. The number of rotatable bonds is 6. The Morgan fingerprint density at radius 1 is 1.29 bits per heavy atom. The van der Waals surface area contributed by atoms with Crippen molar-refractivity contribution in [3.8, 4) is 23.1 Å². The number of aryl methyl sites for hydroxylation is 1. The molecule has 0 spiro atoms. The van der Waals surface area contributed by atoms with E-state index in [1.165, 1.54) is 11.5 Å². The third-order valence-electron chi connectivity index (χ3n) is 3.75. The summed E-state index contributed by atoms with van der Waals surface area (Å²) >= 11 is 1.15. The first-order valence-electron chi connectivity index (χ1n) is 8.69. The quantitative estimate of drug-likeness (QED) is 0.375. The van der Waals surface area contributed by atoms with Crippen LogP contribution in [0.5, 0.6) is 0 Å². The molecule has 0 atom stereocenters. The lowest BCUT2D eigenvalue weighted by Gasteiger charge is -2.10. The number of hydrogen-bond donors (Lipinski definition) is 1. The smallest absolute Gasteiger partial charge is 0.251 e. The third kappa shape index (κ3) is 4.38. The van der Waals surface area contributed by atoms with Gasteiger partial charge in [-0.2, -0.15) is 9.61 Å². The van der Waals surface area contributed by atoms with E-state index in [0.717, 1.165) is 35.3 Å². The Kier molecular flexibility index (Phi) is 6.40. The molecule has 6 nitrogen and oxygen atoms in total. The molecule has 0 fully saturated rings. The van der Waals surface area contributed by atoms with E-state index in [-0.39, 0.29) is 5.83 Å². The molecule has 0 unspecified atom stereocenters. The molecule has 3 aromatic heterocycles. The van der Waals surface area contributed by atoms with E-state index in [1.54, 1.807) is 43.0 Å². The maximum absolute atomic E-state index is 13.5. The lowest BCUT2D eigenvalue weighted by atomic mass is 10.1. The summed E-state index contributed by atoms with van der Waals surface area (Å²) < 4.78 is 18.3. The number of fused-ring (bicyclic) bond motifs is 1. The second-order valence-corrected chi connectivity index (χ2v) is 6.34. The van der Waals surface area contributed by atoms with Crippen LogP contribution in [0.25, 0.3) is 17.0 Å². The molecule has 0 aliphatic heterocycles. The van der Waals surface area contributed by atoms with Crippen LogP contribution in [-0.2, 0) is 6.42 Å². The third-order valence-corrected chi connectivity index (χ3v) is 4.43. The number of aromatic nitrogens is 5. The first kappa shape index (κ1) is 19.6. The van der Waals surface area contributed by atoms with Gasteiger partial charge in [0.25, 0.3) is 5.78 Å². The van der Waals surface area contributed by atoms with Crippen molar-refractivity contribution in [3.05, 3.63) is 59.4 Å². The summed E-state index contributed by atoms with van der Waals surface area (Å²) in [6.45, 7) is 5.54. The van der Waals surface area contributed by atoms with Gasteiger partial charge in [0.15, 0.2) is 0 Å². The molecule has 28 heavy (non-hydrogen) atoms. The van der Waals surface area contributed by atoms with Gasteiger partial charge in [0.2, 0.25) is 0 Å². The molecular weight excluding hydrogens is 375 g/mol. The van der Waals surface area contributed by atoms with Gasteiger partial charge in [0.1, 0.15) is 17.2 Å². The Morgan fingerprint density at radius 3 is 2.86 bits per heavy atom. The van der Waals surface area contributed by atoms with Crippen molar-refractivity contribution in [1.82, 2.24) is 24.6 Å². The van der Waals surface area contributed by atoms with Crippen LogP contribution < -0.4 is 4.72 Å². The summed E-state index contributed by atoms with van der Waals surface area (Å²) in [4.78, 5) is 13.0. The number of nitrogens with one attached hydrogen (secondary N) is 1. The highest BCUT2D eigenvalue weighted by atomic mass is 32.2. The van der Waals surface area contributed by atoms with Gasteiger partial charge in [0.05, 0.1) is 23.8 Å². The van der Waals surface area contributed by atoms with E-state index in [1.807, 2.05) is 13.0 Å². The van der Waals surface area contributed by atoms with E-state index >= 15 is 0 Å². The van der Waals surface area contributed by atoms with Crippen molar-refractivity contribution in [1.29, 1.82) is 0 Å². The van der Waals surface area contributed by atoms with E-state index in [2.05, 4.69) is 36.6 Å². The van der Waals surface area contributed by atoms with Crippen molar-refractivity contribution in [3.63, 3.8) is 0 Å². The van der Waals surface area contributed by atoms with Gasteiger partial charge >= 0.3 is 0 Å². The second kappa shape index (κ2) is 9.15. The van der Waals surface area contributed by atoms with E-state index in [0.29, 0.717) is 17.2 Å². The molecule has 1 N–H and O–H groups in total. The van der Waals surface area contributed by atoms with Crippen molar-refractivity contribution in [2.24, 2.45) is 0 Å². The van der Waals surface area contributed by atoms with Crippen LogP contribution in [0.1, 0.15) is 32.2 Å². The average molecular weight is 394 g/mol. The Balaban J connectivity index is 1.94. The molecule has 0 amide bonds. The number of nitrogens with zero attached hydrogens (tertiary/aromatic N) is 5. The second-order valence-electron chi connectivity index (χ2n) is 5.67. The van der Waals surface area contributed by atoms with Gasteiger partial charge < -0.3 is 4.72 Å². The molecule has 0 aliphatic rings. The fraction of sp³-hybridized carbons (Fsp3) is 0.200. The number of imidazole rings is 1. The van der Waals surface area contributed by atoms with Crippen LogP contribution >= 0.6 is 11.9 Å². The van der Waals surface area contributed by atoms with Gasteiger partial charge in [0, 0.05) is 17.2 Å². The molecule has 3 rings (SSSR count). The summed E-state index contributed by atoms with van der Waals surface area (Å²) in [5, 5.41) is 5.99. The topological polar surface area (TPSA) is 68.0 Å². The number of pyridine rings is 1. The molecule has 0 aliphatic carbocycles. The van der Waals surface area contributed by atoms with Gasteiger partial charge in [-0.25, -0.2) is 14.4 Å². The van der Waals surface area contributed by atoms with E-state index in [9.17, 15) is 4.39 Å². The zero-order chi connectivity index (χ0) is 19.9. The Labute approximate surface area is 167 Å². The molecule has 0 bridgehead atoms. The summed E-state index contributed by atoms with van der Waals surface area (Å²) in [6, 6.07) is 1.93. The lowest BCUT2D eigenvalue weighted by Crippen LogP contribution is -2.01. The highest BCUT2D eigenvalue weighted by Crippen LogP contribution is 2.25. The highest BCUT2D eigenvalue weighted by Gasteiger charge is 2.10. The molecule has 8 heteroatoms. The van der Waals surface area contributed by atoms with Gasteiger partial charge in [-0.05, 0) is 50.3 Å². The number of anilines is 1. The van der Waals surface area contributed by atoms with Crippen LogP contribution in [0.4, 0.5) is 10.1 Å². The van der Waals surface area contributed by atoms with Crippen LogP contribution in [0, 0.1) is 11.8 Å². The highest BCUT2D eigenvalue weighted by molar-refractivity contribution is 8.03. The minimum Gasteiger partial charge on any atom is -0.324 e. The Hall–Kier alpha value is -3.18. The number of allylic oxidation sites excluding steroid dienone is 3. The molecule has 0 saturated carbocycles. The Morgan fingerprint density at radius 2 is 2.11 bits per heavy atom. The SMILES string of the molecule is CC#Cc1cnc2ncc(-c3cnc(CC)c(NS/C=C(F)\C=C/C)c3)nn12. The minimum atomic E-state index is -0.317. The summed E-state index contributed by atoms with van der Waals surface area (Å²) in [5.41, 5.74) is 3.78. The zero-order valence-corrected chi connectivity index (χ0v) is 16.6. The predicted octanol–water partition coefficient (Wildman–Crippen LogP) is 4.57. The van der Waals surface area contributed by atoms with Crippen LogP contribution in [0.2, 0.25) is 0 Å². The molecule has 3 aromatic rings. The molecule has 0 radical (unpaired) electrons. The number of hydrogen-bond acceptors (Lipinski definition) is 6. The number of halogens is 1. The summed E-state index contributed by atoms with van der Waals surface area (Å²) in [6.07, 6.45) is 8.83. The summed E-state index contributed by atoms with van der Waals surface area (Å²) in [5.74, 6) is 5.97. The molecule has 0 aromatic carbocycles. The van der Waals surface area contributed by atoms with Crippen molar-refractivity contribution in [2.45, 2.75) is 27.2 Å². The predicted molar refractivity (Wildman–Crippen MR) is 111 cm³/mol. The Bertz CT molecular complexity index is 1110. The normalized spacial score (nSPS) is 11.6. The fourth-order valence-electron chi connectivity index (χ4n) is 2.47. The maximum Gasteiger partial charge on any atom is 0.251 e. The van der Waals surface area contributed by atoms with Crippen molar-refractivity contribution >= 4 is 23.4 Å². The standard InChI is InChI=1S/C20H19FN6S/c1-4-7-15(21)13-28-26-18-9-14(10-22-17(18)6-3)19-12-24-20-23-11-16(8-5-2)27(20)25-19/h4,7,9-13,26H,6H2,1-3H3/b7-4-,15-13+. The van der Waals surface area contributed by atoms with E-state index in [4.69, 9.17) is 0 Å². The van der Waals surface area contributed by atoms with Crippen molar-refractivity contribution in [2.75, 3.05) is 4.72 Å². The largest absolute Gasteiger partial charge is 0.324 e. The maximum atomic E-state index is 13.5. The monoisotopic (exact) mass is 394 g/mol. The molecule has 3 heterocycles. The van der Waals surface area contributed by atoms with Crippen LogP contribution in [-0.4, -0.2) is 24.6 Å². The first-order valence-corrected chi connectivity index (χ1v) is 9.57. The lowest BCUT2D eigenvalue weighted by molar-refractivity contribution is 0.669.